The quantitative estimate of drug-likeness (QED) is 0.470. The summed E-state index contributed by atoms with van der Waals surface area (Å²) >= 11 is 9.28. The molecule has 0 bridgehead atoms. The van der Waals surface area contributed by atoms with Gasteiger partial charge in [-0.05, 0) is 43.7 Å². The van der Waals surface area contributed by atoms with Crippen molar-refractivity contribution in [3.05, 3.63) is 57.7 Å². The van der Waals surface area contributed by atoms with Crippen LogP contribution in [0.5, 0.6) is 5.75 Å². The van der Waals surface area contributed by atoms with Crippen LogP contribution in [0.25, 0.3) is 0 Å². The smallest absolute Gasteiger partial charge is 0.285 e. The van der Waals surface area contributed by atoms with Crippen LogP contribution in [0.15, 0.2) is 46.4 Å². The number of benzene rings is 1. The fourth-order valence-electron chi connectivity index (χ4n) is 2.66. The number of ether oxygens (including phenoxy) is 1. The summed E-state index contributed by atoms with van der Waals surface area (Å²) in [7, 11) is -3.68. The van der Waals surface area contributed by atoms with Crippen LogP contribution >= 0.6 is 27.5 Å². The lowest BCUT2D eigenvalue weighted by atomic mass is 10.2. The molecule has 1 aromatic carbocycles. The molecule has 168 valence electrons. The van der Waals surface area contributed by atoms with E-state index in [4.69, 9.17) is 16.3 Å². The van der Waals surface area contributed by atoms with Crippen molar-refractivity contribution in [2.24, 2.45) is 0 Å². The molecule has 0 saturated carbocycles. The lowest BCUT2D eigenvalue weighted by Crippen LogP contribution is -2.33. The predicted octanol–water partition coefficient (Wildman–Crippen LogP) is 3.87. The number of hydrogen-bond acceptors (Lipinski definition) is 7. The zero-order chi connectivity index (χ0) is 23.0. The molecule has 31 heavy (non-hydrogen) atoms. The summed E-state index contributed by atoms with van der Waals surface area (Å²) in [5.41, 5.74) is 0.815. The molecule has 0 spiro atoms. The fraction of sp³-hybridized carbons (Fsp3) is 0.350. The van der Waals surface area contributed by atoms with E-state index in [1.165, 1.54) is 6.07 Å². The molecule has 1 aromatic heterocycles. The van der Waals surface area contributed by atoms with Gasteiger partial charge in [-0.2, -0.15) is 0 Å². The molecular weight excluding hydrogens is 508 g/mol. The molecule has 0 atom stereocenters. The number of anilines is 1. The monoisotopic (exact) mass is 530 g/mol. The van der Waals surface area contributed by atoms with Gasteiger partial charge in [0.1, 0.15) is 12.4 Å². The van der Waals surface area contributed by atoms with Crippen molar-refractivity contribution in [3.8, 4) is 5.75 Å². The van der Waals surface area contributed by atoms with E-state index in [0.29, 0.717) is 36.1 Å². The summed E-state index contributed by atoms with van der Waals surface area (Å²) in [4.78, 5) is 14.1. The number of hydrogen-bond donors (Lipinski definition) is 1. The SMILES string of the molecule is C=C(Cl)COc1ccc(Br)cc1CN(CC)c1ccc(C(=O)NS(=O)(=O)CCC)nn1. The van der Waals surface area contributed by atoms with Gasteiger partial charge >= 0.3 is 0 Å². The number of halogens is 2. The number of sulfonamides is 1. The predicted molar refractivity (Wildman–Crippen MR) is 125 cm³/mol. The lowest BCUT2D eigenvalue weighted by Gasteiger charge is -2.23. The number of carbonyl (C=O) groups excluding carboxylic acids is 1. The van der Waals surface area contributed by atoms with Crippen molar-refractivity contribution in [3.63, 3.8) is 0 Å². The number of amides is 1. The van der Waals surface area contributed by atoms with Crippen LogP contribution in [0, 0.1) is 0 Å². The van der Waals surface area contributed by atoms with Crippen molar-refractivity contribution < 1.29 is 17.9 Å². The van der Waals surface area contributed by atoms with E-state index in [9.17, 15) is 13.2 Å². The van der Waals surface area contributed by atoms with Crippen LogP contribution in [-0.2, 0) is 16.6 Å². The molecule has 0 fully saturated rings. The molecule has 0 aliphatic carbocycles. The number of rotatable bonds is 11. The first-order chi connectivity index (χ1) is 14.6. The highest BCUT2D eigenvalue weighted by atomic mass is 79.9. The third-order valence-corrected chi connectivity index (χ3v) is 6.12. The lowest BCUT2D eigenvalue weighted by molar-refractivity contribution is 0.0975. The number of carbonyl (C=O) groups is 1. The first-order valence-corrected chi connectivity index (χ1v) is 12.4. The summed E-state index contributed by atoms with van der Waals surface area (Å²) in [5.74, 6) is 0.248. The Morgan fingerprint density at radius 2 is 2.00 bits per heavy atom. The van der Waals surface area contributed by atoms with Gasteiger partial charge in [-0.15, -0.1) is 10.2 Å². The Kier molecular flexibility index (Phi) is 9.27. The van der Waals surface area contributed by atoms with E-state index in [0.717, 1.165) is 10.0 Å². The standard InChI is InChI=1S/C20H24BrClN4O4S/c1-4-10-31(28,29)25-20(27)17-7-9-19(24-23-17)26(5-2)12-15-11-16(21)6-8-18(15)30-13-14(3)22/h6-9,11H,3-5,10,12-13H2,1-2H3,(H,25,27). The van der Waals surface area contributed by atoms with Crippen LogP contribution in [-0.4, -0.2) is 43.4 Å². The van der Waals surface area contributed by atoms with Crippen LogP contribution in [0.4, 0.5) is 5.82 Å². The van der Waals surface area contributed by atoms with E-state index in [1.807, 2.05) is 34.7 Å². The van der Waals surface area contributed by atoms with E-state index in [1.54, 1.807) is 13.0 Å². The molecule has 2 rings (SSSR count). The van der Waals surface area contributed by atoms with Gasteiger partial charge in [-0.3, -0.25) is 4.79 Å². The minimum absolute atomic E-state index is 0.0772. The second kappa shape index (κ2) is 11.4. The third-order valence-electron chi connectivity index (χ3n) is 4.08. The molecule has 8 nitrogen and oxygen atoms in total. The molecule has 11 heteroatoms. The molecule has 0 saturated heterocycles. The van der Waals surface area contributed by atoms with Crippen LogP contribution in [0.3, 0.4) is 0 Å². The normalized spacial score (nSPS) is 11.1. The minimum atomic E-state index is -3.68. The maximum Gasteiger partial charge on any atom is 0.285 e. The molecule has 1 N–H and O–H groups in total. The van der Waals surface area contributed by atoms with Gasteiger partial charge in [-0.25, -0.2) is 13.1 Å². The first kappa shape index (κ1) is 25.1. The average molecular weight is 532 g/mol. The number of nitrogens with one attached hydrogen (secondary N) is 1. The number of aromatic nitrogens is 2. The van der Waals surface area contributed by atoms with E-state index >= 15 is 0 Å². The van der Waals surface area contributed by atoms with Gasteiger partial charge in [0.2, 0.25) is 10.0 Å². The van der Waals surface area contributed by atoms with Gasteiger partial charge in [0.25, 0.3) is 5.91 Å². The van der Waals surface area contributed by atoms with Crippen molar-refractivity contribution in [1.29, 1.82) is 0 Å². The van der Waals surface area contributed by atoms with Crippen molar-refractivity contribution in [2.45, 2.75) is 26.8 Å². The molecule has 2 aromatic rings. The maximum atomic E-state index is 12.1. The molecule has 1 amide bonds. The minimum Gasteiger partial charge on any atom is -0.488 e. The van der Waals surface area contributed by atoms with Crippen molar-refractivity contribution >= 4 is 49.3 Å². The fourth-order valence-corrected chi connectivity index (χ4v) is 4.15. The van der Waals surface area contributed by atoms with Crippen LogP contribution < -0.4 is 14.4 Å². The summed E-state index contributed by atoms with van der Waals surface area (Å²) in [6, 6.07) is 8.70. The van der Waals surface area contributed by atoms with Gasteiger partial charge in [-0.1, -0.05) is 41.0 Å². The first-order valence-electron chi connectivity index (χ1n) is 9.53. The highest BCUT2D eigenvalue weighted by Gasteiger charge is 2.18. The summed E-state index contributed by atoms with van der Waals surface area (Å²) in [6.07, 6.45) is 0.402. The molecule has 0 radical (unpaired) electrons. The Hall–Kier alpha value is -2.17. The van der Waals surface area contributed by atoms with Gasteiger partial charge in [0.15, 0.2) is 11.5 Å². The summed E-state index contributed by atoms with van der Waals surface area (Å²) in [6.45, 7) is 8.56. The van der Waals surface area contributed by atoms with Gasteiger partial charge in [0.05, 0.1) is 5.75 Å². The van der Waals surface area contributed by atoms with Gasteiger partial charge in [0, 0.05) is 28.2 Å². The Balaban J connectivity index is 2.18. The molecule has 0 aliphatic heterocycles. The molecular formula is C20H24BrClN4O4S. The second-order valence-electron chi connectivity index (χ2n) is 6.60. The van der Waals surface area contributed by atoms with E-state index in [-0.39, 0.29) is 18.1 Å². The van der Waals surface area contributed by atoms with Gasteiger partial charge < -0.3 is 9.64 Å². The van der Waals surface area contributed by atoms with E-state index in [2.05, 4.69) is 32.7 Å². The Morgan fingerprint density at radius 1 is 1.26 bits per heavy atom. The zero-order valence-electron chi connectivity index (χ0n) is 17.3. The third kappa shape index (κ3) is 7.79. The van der Waals surface area contributed by atoms with Crippen LogP contribution in [0.1, 0.15) is 36.3 Å². The molecule has 1 heterocycles. The Labute approximate surface area is 195 Å². The Bertz CT molecular complexity index is 1030. The van der Waals surface area contributed by atoms with E-state index < -0.39 is 15.9 Å². The zero-order valence-corrected chi connectivity index (χ0v) is 20.4. The largest absolute Gasteiger partial charge is 0.488 e. The van der Waals surface area contributed by atoms with Crippen molar-refractivity contribution in [2.75, 3.05) is 23.8 Å². The summed E-state index contributed by atoms with van der Waals surface area (Å²) < 4.78 is 32.2. The summed E-state index contributed by atoms with van der Waals surface area (Å²) in [5, 5.41) is 8.39. The Morgan fingerprint density at radius 3 is 2.58 bits per heavy atom. The highest BCUT2D eigenvalue weighted by molar-refractivity contribution is 9.10. The molecule has 0 unspecified atom stereocenters. The molecule has 0 aliphatic rings. The number of nitrogens with zero attached hydrogens (tertiary/aromatic N) is 3. The average Bonchev–Trinajstić information content (AvgIpc) is 2.71. The second-order valence-corrected chi connectivity index (χ2v) is 9.89. The van der Waals surface area contributed by atoms with Crippen molar-refractivity contribution in [1.82, 2.24) is 14.9 Å². The highest BCUT2D eigenvalue weighted by Crippen LogP contribution is 2.26. The topological polar surface area (TPSA) is 101 Å². The van der Waals surface area contributed by atoms with Crippen LogP contribution in [0.2, 0.25) is 0 Å². The maximum absolute atomic E-state index is 12.1.